The summed E-state index contributed by atoms with van der Waals surface area (Å²) in [5.41, 5.74) is 3.31. The first-order valence-electron chi connectivity index (χ1n) is 6.50. The molecule has 20 heavy (non-hydrogen) atoms. The summed E-state index contributed by atoms with van der Waals surface area (Å²) < 4.78 is 15.9. The van der Waals surface area contributed by atoms with Gasteiger partial charge < -0.3 is 0 Å². The highest BCUT2D eigenvalue weighted by Crippen LogP contribution is 2.25. The minimum Gasteiger partial charge on any atom is -0.296 e. The Balaban J connectivity index is 2.35. The second kappa shape index (κ2) is 5.25. The Morgan fingerprint density at radius 2 is 1.95 bits per heavy atom. The van der Waals surface area contributed by atoms with Crippen LogP contribution in [0.15, 0.2) is 42.5 Å². The summed E-state index contributed by atoms with van der Waals surface area (Å²) in [6.07, 6.45) is 0.601. The summed E-state index contributed by atoms with van der Waals surface area (Å²) in [5, 5.41) is 0. The molecule has 3 rings (SSSR count). The summed E-state index contributed by atoms with van der Waals surface area (Å²) in [6.45, 7) is 2.03. The fourth-order valence-corrected chi connectivity index (χ4v) is 2.62. The molecule has 0 amide bonds. The highest BCUT2D eigenvalue weighted by Gasteiger charge is 2.15. The number of benzene rings is 2. The van der Waals surface area contributed by atoms with Crippen LogP contribution >= 0.6 is 11.6 Å². The van der Waals surface area contributed by atoms with Crippen LogP contribution in [0.4, 0.5) is 4.39 Å². The number of aromatic nitrogens is 2. The lowest BCUT2D eigenvalue weighted by Crippen LogP contribution is -2.03. The molecule has 0 N–H and O–H groups in total. The molecule has 0 unspecified atom stereocenters. The van der Waals surface area contributed by atoms with Gasteiger partial charge >= 0.3 is 0 Å². The maximum Gasteiger partial charge on any atom is 0.151 e. The largest absolute Gasteiger partial charge is 0.296 e. The Morgan fingerprint density at radius 3 is 2.70 bits per heavy atom. The zero-order chi connectivity index (χ0) is 14.1. The quantitative estimate of drug-likeness (QED) is 0.659. The van der Waals surface area contributed by atoms with Crippen LogP contribution in [0.25, 0.3) is 16.7 Å². The van der Waals surface area contributed by atoms with Crippen LogP contribution in [-0.4, -0.2) is 15.4 Å². The van der Waals surface area contributed by atoms with Crippen LogP contribution in [0.1, 0.15) is 11.4 Å². The van der Waals surface area contributed by atoms with E-state index in [0.717, 1.165) is 22.6 Å². The van der Waals surface area contributed by atoms with Gasteiger partial charge in [-0.25, -0.2) is 9.37 Å². The number of fused-ring (bicyclic) bond motifs is 1. The van der Waals surface area contributed by atoms with Gasteiger partial charge in [0, 0.05) is 12.3 Å². The fraction of sp³-hybridized carbons (Fsp3) is 0.188. The monoisotopic (exact) mass is 288 g/mol. The van der Waals surface area contributed by atoms with Crippen LogP contribution in [0.2, 0.25) is 0 Å². The van der Waals surface area contributed by atoms with E-state index in [1.165, 1.54) is 6.07 Å². The van der Waals surface area contributed by atoms with Gasteiger partial charge in [0.25, 0.3) is 0 Å². The van der Waals surface area contributed by atoms with Gasteiger partial charge in [-0.15, -0.1) is 11.6 Å². The molecular formula is C16H14ClFN2. The van der Waals surface area contributed by atoms with E-state index in [1.54, 1.807) is 6.07 Å². The number of hydrogen-bond acceptors (Lipinski definition) is 1. The minimum absolute atomic E-state index is 0.300. The van der Waals surface area contributed by atoms with Crippen molar-refractivity contribution in [1.29, 1.82) is 0 Å². The SMILES string of the molecule is Cc1ccccc1-n1c(CCCl)nc2c(F)cccc21. The third-order valence-electron chi connectivity index (χ3n) is 3.38. The second-order valence-corrected chi connectivity index (χ2v) is 5.07. The Kier molecular flexibility index (Phi) is 3.45. The van der Waals surface area contributed by atoms with Crippen molar-refractivity contribution >= 4 is 22.6 Å². The van der Waals surface area contributed by atoms with Crippen molar-refractivity contribution in [2.75, 3.05) is 5.88 Å². The lowest BCUT2D eigenvalue weighted by atomic mass is 10.2. The first kappa shape index (κ1) is 13.1. The van der Waals surface area contributed by atoms with E-state index in [-0.39, 0.29) is 5.82 Å². The Hall–Kier alpha value is -1.87. The van der Waals surface area contributed by atoms with E-state index in [9.17, 15) is 4.39 Å². The molecule has 0 spiro atoms. The molecule has 2 nitrogen and oxygen atoms in total. The molecule has 0 aliphatic rings. The zero-order valence-electron chi connectivity index (χ0n) is 11.1. The molecule has 0 fully saturated rings. The van der Waals surface area contributed by atoms with E-state index in [2.05, 4.69) is 4.98 Å². The van der Waals surface area contributed by atoms with Crippen molar-refractivity contribution < 1.29 is 4.39 Å². The van der Waals surface area contributed by atoms with Crippen molar-refractivity contribution in [3.05, 3.63) is 59.7 Å². The van der Waals surface area contributed by atoms with Crippen LogP contribution in [0.3, 0.4) is 0 Å². The normalized spacial score (nSPS) is 11.2. The minimum atomic E-state index is -0.300. The van der Waals surface area contributed by atoms with E-state index in [4.69, 9.17) is 11.6 Å². The second-order valence-electron chi connectivity index (χ2n) is 4.70. The Labute approximate surface area is 121 Å². The summed E-state index contributed by atoms with van der Waals surface area (Å²) in [6, 6.07) is 13.0. The average Bonchev–Trinajstić information content (AvgIpc) is 2.80. The van der Waals surface area contributed by atoms with Crippen molar-refractivity contribution in [2.45, 2.75) is 13.3 Å². The standard InChI is InChI=1S/C16H14ClFN2/c1-11-5-2-3-7-13(11)20-14-8-4-6-12(18)16(14)19-15(20)9-10-17/h2-8H,9-10H2,1H3. The molecule has 0 aliphatic heterocycles. The lowest BCUT2D eigenvalue weighted by molar-refractivity contribution is 0.637. The number of aryl methyl sites for hydroxylation is 2. The van der Waals surface area contributed by atoms with Crippen LogP contribution in [0, 0.1) is 12.7 Å². The molecule has 2 aromatic carbocycles. The molecule has 1 heterocycles. The van der Waals surface area contributed by atoms with Crippen molar-refractivity contribution in [2.24, 2.45) is 0 Å². The van der Waals surface area contributed by atoms with Crippen LogP contribution in [0.5, 0.6) is 0 Å². The van der Waals surface area contributed by atoms with E-state index < -0.39 is 0 Å². The molecule has 0 radical (unpaired) electrons. The van der Waals surface area contributed by atoms with Crippen molar-refractivity contribution in [1.82, 2.24) is 9.55 Å². The average molecular weight is 289 g/mol. The number of imidazole rings is 1. The molecule has 0 saturated heterocycles. The van der Waals surface area contributed by atoms with Gasteiger partial charge in [0.05, 0.1) is 11.2 Å². The number of nitrogens with zero attached hydrogens (tertiary/aromatic N) is 2. The van der Waals surface area contributed by atoms with Gasteiger partial charge in [-0.2, -0.15) is 0 Å². The van der Waals surface area contributed by atoms with Gasteiger partial charge in [-0.1, -0.05) is 24.3 Å². The van der Waals surface area contributed by atoms with Crippen LogP contribution in [-0.2, 0) is 6.42 Å². The fourth-order valence-electron chi connectivity index (χ4n) is 2.45. The zero-order valence-corrected chi connectivity index (χ0v) is 11.9. The molecular weight excluding hydrogens is 275 g/mol. The number of alkyl halides is 1. The lowest BCUT2D eigenvalue weighted by Gasteiger charge is -2.11. The molecule has 0 atom stereocenters. The molecule has 1 aromatic heterocycles. The van der Waals surface area contributed by atoms with Gasteiger partial charge in [0.1, 0.15) is 11.3 Å². The first-order valence-corrected chi connectivity index (χ1v) is 7.03. The summed E-state index contributed by atoms with van der Waals surface area (Å²) in [7, 11) is 0. The summed E-state index contributed by atoms with van der Waals surface area (Å²) >= 11 is 5.86. The van der Waals surface area contributed by atoms with Gasteiger partial charge in [0.2, 0.25) is 0 Å². The molecule has 0 aliphatic carbocycles. The maximum atomic E-state index is 13.9. The van der Waals surface area contributed by atoms with E-state index in [0.29, 0.717) is 17.8 Å². The van der Waals surface area contributed by atoms with E-state index >= 15 is 0 Å². The third-order valence-corrected chi connectivity index (χ3v) is 3.57. The highest BCUT2D eigenvalue weighted by atomic mass is 35.5. The van der Waals surface area contributed by atoms with E-state index in [1.807, 2.05) is 41.8 Å². The van der Waals surface area contributed by atoms with Crippen molar-refractivity contribution in [3.8, 4) is 5.69 Å². The smallest absolute Gasteiger partial charge is 0.151 e. The Morgan fingerprint density at radius 1 is 1.15 bits per heavy atom. The number of rotatable bonds is 3. The van der Waals surface area contributed by atoms with Gasteiger partial charge in [-0.3, -0.25) is 4.57 Å². The molecule has 102 valence electrons. The van der Waals surface area contributed by atoms with Crippen LogP contribution < -0.4 is 0 Å². The van der Waals surface area contributed by atoms with Crippen molar-refractivity contribution in [3.63, 3.8) is 0 Å². The van der Waals surface area contributed by atoms with Gasteiger partial charge in [0.15, 0.2) is 5.82 Å². The predicted octanol–water partition coefficient (Wildman–Crippen LogP) is 4.25. The van der Waals surface area contributed by atoms with Gasteiger partial charge in [-0.05, 0) is 30.7 Å². The number of hydrogen-bond donors (Lipinski definition) is 0. The molecule has 0 bridgehead atoms. The number of halogens is 2. The Bertz CT molecular complexity index is 764. The molecule has 4 heteroatoms. The summed E-state index contributed by atoms with van der Waals surface area (Å²) in [4.78, 5) is 4.42. The maximum absolute atomic E-state index is 13.9. The third kappa shape index (κ3) is 2.08. The first-order chi connectivity index (χ1) is 9.72. The number of para-hydroxylation sites is 2. The highest BCUT2D eigenvalue weighted by molar-refractivity contribution is 6.17. The predicted molar refractivity (Wildman–Crippen MR) is 80.2 cm³/mol. The molecule has 3 aromatic rings. The molecule has 0 saturated carbocycles. The topological polar surface area (TPSA) is 17.8 Å². The summed E-state index contributed by atoms with van der Waals surface area (Å²) in [5.74, 6) is 0.941.